The molecule has 0 saturated carbocycles. The van der Waals surface area contributed by atoms with Gasteiger partial charge >= 0.3 is 0 Å². The molecule has 2 heterocycles. The van der Waals surface area contributed by atoms with Crippen LogP contribution >= 0.6 is 11.3 Å². The van der Waals surface area contributed by atoms with Crippen molar-refractivity contribution in [3.63, 3.8) is 0 Å². The van der Waals surface area contributed by atoms with Crippen molar-refractivity contribution in [2.24, 2.45) is 0 Å². The van der Waals surface area contributed by atoms with Crippen LogP contribution in [0.3, 0.4) is 0 Å². The number of aromatic amines is 1. The topological polar surface area (TPSA) is 74.8 Å². The summed E-state index contributed by atoms with van der Waals surface area (Å²) in [5.41, 5.74) is 1.65. The van der Waals surface area contributed by atoms with Gasteiger partial charge in [-0.1, -0.05) is 30.3 Å². The molecule has 0 aliphatic rings. The summed E-state index contributed by atoms with van der Waals surface area (Å²) in [6.45, 7) is 0.333. The summed E-state index contributed by atoms with van der Waals surface area (Å²) in [5, 5.41) is 4.41. The van der Waals surface area contributed by atoms with Gasteiger partial charge in [-0.3, -0.25) is 9.59 Å². The third-order valence-corrected chi connectivity index (χ3v) is 4.77. The summed E-state index contributed by atoms with van der Waals surface area (Å²) in [4.78, 5) is 31.5. The number of amides is 1. The van der Waals surface area contributed by atoms with Crippen molar-refractivity contribution in [3.8, 4) is 0 Å². The van der Waals surface area contributed by atoms with E-state index in [-0.39, 0.29) is 11.5 Å². The zero-order valence-electron chi connectivity index (χ0n) is 12.6. The Labute approximate surface area is 141 Å². The van der Waals surface area contributed by atoms with Crippen LogP contribution in [0.2, 0.25) is 0 Å². The van der Waals surface area contributed by atoms with Crippen molar-refractivity contribution in [1.82, 2.24) is 15.3 Å². The molecule has 4 aromatic rings. The maximum atomic E-state index is 12.5. The fraction of sp³-hybridized carbons (Fsp3) is 0.0556. The third kappa shape index (κ3) is 2.68. The first kappa shape index (κ1) is 14.6. The van der Waals surface area contributed by atoms with Gasteiger partial charge in [0.25, 0.3) is 5.91 Å². The lowest BCUT2D eigenvalue weighted by Gasteiger charge is -2.06. The first-order valence-corrected chi connectivity index (χ1v) is 8.27. The number of carbonyl (C=O) groups is 1. The average molecular weight is 335 g/mol. The number of benzene rings is 2. The molecule has 0 unspecified atom stereocenters. The molecule has 1 amide bonds. The van der Waals surface area contributed by atoms with Crippen LogP contribution in [-0.2, 0) is 6.54 Å². The van der Waals surface area contributed by atoms with Crippen molar-refractivity contribution >= 4 is 38.4 Å². The number of hydrogen-bond acceptors (Lipinski definition) is 4. The Balaban J connectivity index is 1.61. The highest BCUT2D eigenvalue weighted by atomic mass is 32.1. The minimum Gasteiger partial charge on any atom is -0.345 e. The van der Waals surface area contributed by atoms with Crippen molar-refractivity contribution in [2.75, 3.05) is 0 Å². The van der Waals surface area contributed by atoms with Crippen molar-refractivity contribution < 1.29 is 4.79 Å². The molecule has 0 atom stereocenters. The number of carbonyl (C=O) groups excluding carboxylic acids is 1. The van der Waals surface area contributed by atoms with E-state index < -0.39 is 0 Å². The SMILES string of the molecule is O=C(NCc1nc2ccccc2s1)c1cc(=O)[nH]c2ccccc12. The van der Waals surface area contributed by atoms with E-state index in [1.165, 1.54) is 6.07 Å². The minimum atomic E-state index is -0.293. The number of pyridine rings is 1. The molecule has 6 heteroatoms. The highest BCUT2D eigenvalue weighted by Gasteiger charge is 2.12. The number of rotatable bonds is 3. The maximum Gasteiger partial charge on any atom is 0.252 e. The summed E-state index contributed by atoms with van der Waals surface area (Å²) in [7, 11) is 0. The first-order chi connectivity index (χ1) is 11.7. The maximum absolute atomic E-state index is 12.5. The third-order valence-electron chi connectivity index (χ3n) is 3.73. The highest BCUT2D eigenvalue weighted by molar-refractivity contribution is 7.18. The Hall–Kier alpha value is -2.99. The Kier molecular flexibility index (Phi) is 3.59. The molecule has 0 aliphatic carbocycles. The lowest BCUT2D eigenvalue weighted by molar-refractivity contribution is 0.0952. The van der Waals surface area contributed by atoms with Crippen molar-refractivity contribution in [2.45, 2.75) is 6.54 Å². The Morgan fingerprint density at radius 2 is 1.92 bits per heavy atom. The molecular weight excluding hydrogens is 322 g/mol. The standard InChI is InChI=1S/C18H13N3O2S/c22-16-9-12(11-5-1-2-6-13(11)20-16)18(23)19-10-17-21-14-7-3-4-8-15(14)24-17/h1-9H,10H2,(H,19,23)(H,20,22). The Morgan fingerprint density at radius 3 is 2.79 bits per heavy atom. The number of nitrogens with zero attached hydrogens (tertiary/aromatic N) is 1. The van der Waals surface area contributed by atoms with E-state index in [0.717, 1.165) is 20.6 Å². The van der Waals surface area contributed by atoms with E-state index in [1.807, 2.05) is 42.5 Å². The molecule has 2 aromatic heterocycles. The number of H-pyrrole nitrogens is 1. The number of para-hydroxylation sites is 2. The van der Waals surface area contributed by atoms with Crippen molar-refractivity contribution in [3.05, 3.63) is 75.5 Å². The smallest absolute Gasteiger partial charge is 0.252 e. The predicted octanol–water partition coefficient (Wildman–Crippen LogP) is 3.07. The van der Waals surface area contributed by atoms with Gasteiger partial charge in [-0.05, 0) is 18.2 Å². The van der Waals surface area contributed by atoms with Gasteiger partial charge in [0.1, 0.15) is 5.01 Å². The van der Waals surface area contributed by atoms with Gasteiger partial charge in [0.15, 0.2) is 0 Å². The number of hydrogen-bond donors (Lipinski definition) is 2. The monoisotopic (exact) mass is 335 g/mol. The molecule has 0 saturated heterocycles. The molecule has 4 rings (SSSR count). The predicted molar refractivity (Wildman–Crippen MR) is 95.4 cm³/mol. The van der Waals surface area contributed by atoms with E-state index in [2.05, 4.69) is 15.3 Å². The quantitative estimate of drug-likeness (QED) is 0.604. The molecular formula is C18H13N3O2S. The van der Waals surface area contributed by atoms with Crippen LogP contribution in [0.25, 0.3) is 21.1 Å². The first-order valence-electron chi connectivity index (χ1n) is 7.45. The zero-order valence-corrected chi connectivity index (χ0v) is 13.4. The van der Waals surface area contributed by atoms with Crippen LogP contribution in [0.1, 0.15) is 15.4 Å². The zero-order chi connectivity index (χ0) is 16.5. The van der Waals surface area contributed by atoms with Gasteiger partial charge in [0, 0.05) is 17.0 Å². The van der Waals surface area contributed by atoms with Gasteiger partial charge in [-0.15, -0.1) is 11.3 Å². The van der Waals surface area contributed by atoms with Crippen LogP contribution in [0.15, 0.2) is 59.4 Å². The Morgan fingerprint density at radius 1 is 1.12 bits per heavy atom. The lowest BCUT2D eigenvalue weighted by atomic mass is 10.1. The Bertz CT molecular complexity index is 1080. The van der Waals surface area contributed by atoms with Gasteiger partial charge in [0.05, 0.1) is 22.3 Å². The van der Waals surface area contributed by atoms with E-state index in [1.54, 1.807) is 17.4 Å². The second-order valence-corrected chi connectivity index (χ2v) is 6.47. The largest absolute Gasteiger partial charge is 0.345 e. The van der Waals surface area contributed by atoms with Crippen LogP contribution in [0.4, 0.5) is 0 Å². The van der Waals surface area contributed by atoms with Gasteiger partial charge < -0.3 is 10.3 Å². The molecule has 2 aromatic carbocycles. The highest BCUT2D eigenvalue weighted by Crippen LogP contribution is 2.21. The number of aromatic nitrogens is 2. The molecule has 2 N–H and O–H groups in total. The van der Waals surface area contributed by atoms with Crippen LogP contribution in [0.5, 0.6) is 0 Å². The average Bonchev–Trinajstić information content (AvgIpc) is 3.02. The van der Waals surface area contributed by atoms with E-state index in [0.29, 0.717) is 17.6 Å². The number of thiazole rings is 1. The van der Waals surface area contributed by atoms with Crippen LogP contribution < -0.4 is 10.9 Å². The summed E-state index contributed by atoms with van der Waals surface area (Å²) < 4.78 is 1.09. The van der Waals surface area contributed by atoms with Gasteiger partial charge in [-0.25, -0.2) is 4.98 Å². The molecule has 0 spiro atoms. The lowest BCUT2D eigenvalue weighted by Crippen LogP contribution is -2.24. The van der Waals surface area contributed by atoms with Crippen LogP contribution in [0, 0.1) is 0 Å². The molecule has 0 fully saturated rings. The normalized spacial score (nSPS) is 11.0. The second-order valence-electron chi connectivity index (χ2n) is 5.35. The number of nitrogens with one attached hydrogen (secondary N) is 2. The van der Waals surface area contributed by atoms with Gasteiger partial charge in [0.2, 0.25) is 5.56 Å². The second kappa shape index (κ2) is 5.90. The van der Waals surface area contributed by atoms with E-state index >= 15 is 0 Å². The fourth-order valence-electron chi connectivity index (χ4n) is 2.64. The minimum absolute atomic E-state index is 0.281. The molecule has 0 aliphatic heterocycles. The van der Waals surface area contributed by atoms with Crippen LogP contribution in [-0.4, -0.2) is 15.9 Å². The summed E-state index contributed by atoms with van der Waals surface area (Å²) >= 11 is 1.55. The molecule has 0 bridgehead atoms. The molecule has 24 heavy (non-hydrogen) atoms. The molecule has 0 radical (unpaired) electrons. The van der Waals surface area contributed by atoms with E-state index in [4.69, 9.17) is 0 Å². The molecule has 118 valence electrons. The van der Waals surface area contributed by atoms with E-state index in [9.17, 15) is 9.59 Å². The molecule has 5 nitrogen and oxygen atoms in total. The van der Waals surface area contributed by atoms with Crippen molar-refractivity contribution in [1.29, 1.82) is 0 Å². The summed E-state index contributed by atoms with van der Waals surface area (Å²) in [6.07, 6.45) is 0. The number of fused-ring (bicyclic) bond motifs is 2. The fourth-order valence-corrected chi connectivity index (χ4v) is 3.55. The summed E-state index contributed by atoms with van der Waals surface area (Å²) in [6, 6.07) is 16.4. The summed E-state index contributed by atoms with van der Waals surface area (Å²) in [5.74, 6) is -0.281. The van der Waals surface area contributed by atoms with Gasteiger partial charge in [-0.2, -0.15) is 0 Å².